The van der Waals surface area contributed by atoms with E-state index in [2.05, 4.69) is 27.7 Å². The van der Waals surface area contributed by atoms with Gasteiger partial charge < -0.3 is 18.9 Å². The van der Waals surface area contributed by atoms with Crippen molar-refractivity contribution in [2.45, 2.75) is 111 Å². The Morgan fingerprint density at radius 1 is 0.400 bits per heavy atom. The van der Waals surface area contributed by atoms with Crippen molar-refractivity contribution in [3.05, 3.63) is 0 Å². The van der Waals surface area contributed by atoms with Crippen molar-refractivity contribution >= 4 is 0 Å². The SMILES string of the molecule is CCCCCOC(OCCCCC)(OCCCCC)OCCCCC. The Kier molecular flexibility index (Phi) is 18.5. The molecule has 0 saturated carbocycles. The summed E-state index contributed by atoms with van der Waals surface area (Å²) in [6.45, 7) is 11.2. The third-order valence-corrected chi connectivity index (χ3v) is 4.11. The summed E-state index contributed by atoms with van der Waals surface area (Å²) in [4.78, 5) is 0. The topological polar surface area (TPSA) is 36.9 Å². The lowest BCUT2D eigenvalue weighted by atomic mass is 10.3. The van der Waals surface area contributed by atoms with Crippen molar-refractivity contribution < 1.29 is 18.9 Å². The van der Waals surface area contributed by atoms with Gasteiger partial charge in [-0.3, -0.25) is 0 Å². The van der Waals surface area contributed by atoms with Crippen LogP contribution in [0.1, 0.15) is 105 Å². The summed E-state index contributed by atoms with van der Waals surface area (Å²) in [7, 11) is 0. The van der Waals surface area contributed by atoms with Crippen molar-refractivity contribution in [1.29, 1.82) is 0 Å². The van der Waals surface area contributed by atoms with Crippen molar-refractivity contribution in [1.82, 2.24) is 0 Å². The maximum absolute atomic E-state index is 6.01. The van der Waals surface area contributed by atoms with Gasteiger partial charge in [0.1, 0.15) is 0 Å². The molecule has 0 saturated heterocycles. The summed E-state index contributed by atoms with van der Waals surface area (Å²) in [6, 6.07) is 0. The van der Waals surface area contributed by atoms with Gasteiger partial charge in [0.15, 0.2) is 0 Å². The summed E-state index contributed by atoms with van der Waals surface area (Å²) in [6.07, 6.45) is 12.0. The minimum absolute atomic E-state index is 0.614. The Labute approximate surface area is 156 Å². The molecule has 0 N–H and O–H groups in total. The smallest absolute Gasteiger partial charge is 0.303 e. The quantitative estimate of drug-likeness (QED) is 0.185. The lowest BCUT2D eigenvalue weighted by molar-refractivity contribution is -0.499. The van der Waals surface area contributed by atoms with Crippen LogP contribution >= 0.6 is 0 Å². The van der Waals surface area contributed by atoms with Crippen LogP contribution in [0.4, 0.5) is 0 Å². The summed E-state index contributed by atoms with van der Waals surface area (Å²) < 4.78 is 24.0. The predicted molar refractivity (Wildman–Crippen MR) is 105 cm³/mol. The van der Waals surface area contributed by atoms with E-state index >= 15 is 0 Å². The van der Waals surface area contributed by atoms with Gasteiger partial charge in [-0.25, -0.2) is 0 Å². The van der Waals surface area contributed by atoms with Crippen LogP contribution in [0.3, 0.4) is 0 Å². The molecule has 0 fully saturated rings. The number of rotatable bonds is 20. The molecule has 0 rings (SSSR count). The highest BCUT2D eigenvalue weighted by atomic mass is 17.0. The minimum atomic E-state index is -1.30. The normalized spacial score (nSPS) is 12.0. The van der Waals surface area contributed by atoms with Crippen LogP contribution in [0.15, 0.2) is 0 Å². The van der Waals surface area contributed by atoms with Crippen LogP contribution in [0, 0.1) is 0 Å². The zero-order chi connectivity index (χ0) is 18.6. The molecule has 152 valence electrons. The molecular weight excluding hydrogens is 316 g/mol. The van der Waals surface area contributed by atoms with Crippen molar-refractivity contribution in [3.8, 4) is 0 Å². The Balaban J connectivity index is 4.62. The zero-order valence-electron chi connectivity index (χ0n) is 17.4. The highest BCUT2D eigenvalue weighted by Crippen LogP contribution is 2.21. The highest BCUT2D eigenvalue weighted by molar-refractivity contribution is 4.50. The Bertz CT molecular complexity index is 205. The summed E-state index contributed by atoms with van der Waals surface area (Å²) in [5, 5.41) is 0. The second-order valence-electron chi connectivity index (χ2n) is 6.72. The fourth-order valence-electron chi connectivity index (χ4n) is 2.45. The van der Waals surface area contributed by atoms with Crippen molar-refractivity contribution in [2.24, 2.45) is 0 Å². The summed E-state index contributed by atoms with van der Waals surface area (Å²) in [5.74, 6) is 0. The fraction of sp³-hybridized carbons (Fsp3) is 1.00. The number of unbranched alkanes of at least 4 members (excludes halogenated alkanes) is 8. The molecule has 4 nitrogen and oxygen atoms in total. The van der Waals surface area contributed by atoms with E-state index in [0.29, 0.717) is 26.4 Å². The molecule has 0 unspecified atom stereocenters. The van der Waals surface area contributed by atoms with Gasteiger partial charge in [-0.05, 0) is 25.7 Å². The number of ether oxygens (including phenoxy) is 4. The van der Waals surface area contributed by atoms with E-state index < -0.39 is 6.16 Å². The van der Waals surface area contributed by atoms with Crippen molar-refractivity contribution in [2.75, 3.05) is 26.4 Å². The summed E-state index contributed by atoms with van der Waals surface area (Å²) >= 11 is 0. The molecule has 0 amide bonds. The van der Waals surface area contributed by atoms with E-state index in [-0.39, 0.29) is 0 Å². The first-order chi connectivity index (χ1) is 12.2. The van der Waals surface area contributed by atoms with Crippen LogP contribution in [0.5, 0.6) is 0 Å². The van der Waals surface area contributed by atoms with Gasteiger partial charge in [0.05, 0.1) is 26.4 Å². The second-order valence-corrected chi connectivity index (χ2v) is 6.72. The molecule has 0 atom stereocenters. The minimum Gasteiger partial charge on any atom is -0.303 e. The van der Waals surface area contributed by atoms with E-state index in [1.807, 2.05) is 0 Å². The number of hydrogen-bond acceptors (Lipinski definition) is 4. The Morgan fingerprint density at radius 3 is 0.840 bits per heavy atom. The van der Waals surface area contributed by atoms with Crippen LogP contribution in [0.25, 0.3) is 0 Å². The Morgan fingerprint density at radius 2 is 0.640 bits per heavy atom. The molecule has 0 bridgehead atoms. The van der Waals surface area contributed by atoms with Crippen molar-refractivity contribution in [3.63, 3.8) is 0 Å². The van der Waals surface area contributed by atoms with E-state index in [1.54, 1.807) is 0 Å². The average Bonchev–Trinajstić information content (AvgIpc) is 2.63. The largest absolute Gasteiger partial charge is 0.412 e. The van der Waals surface area contributed by atoms with Gasteiger partial charge in [-0.1, -0.05) is 79.1 Å². The highest BCUT2D eigenvalue weighted by Gasteiger charge is 2.35. The van der Waals surface area contributed by atoms with Crippen LogP contribution < -0.4 is 0 Å². The van der Waals surface area contributed by atoms with Gasteiger partial charge in [-0.2, -0.15) is 0 Å². The van der Waals surface area contributed by atoms with Crippen LogP contribution in [0.2, 0.25) is 0 Å². The average molecular weight is 361 g/mol. The molecule has 0 aliphatic heterocycles. The van der Waals surface area contributed by atoms with Crippen LogP contribution in [-0.4, -0.2) is 32.6 Å². The zero-order valence-corrected chi connectivity index (χ0v) is 17.4. The molecule has 4 heteroatoms. The molecule has 0 aromatic carbocycles. The lowest BCUT2D eigenvalue weighted by Crippen LogP contribution is -2.43. The first kappa shape index (κ1) is 24.8. The first-order valence-electron chi connectivity index (χ1n) is 10.8. The van der Waals surface area contributed by atoms with Gasteiger partial charge in [-0.15, -0.1) is 0 Å². The second kappa shape index (κ2) is 18.6. The maximum Gasteiger partial charge on any atom is 0.412 e. The standard InChI is InChI=1S/C21H44O4/c1-5-9-13-17-22-21(23-18-14-10-6-2,24-19-15-11-7-3)25-20-16-12-8-4/h5-20H2,1-4H3. The third kappa shape index (κ3) is 14.7. The Hall–Kier alpha value is -0.160. The molecule has 0 aliphatic rings. The lowest BCUT2D eigenvalue weighted by Gasteiger charge is -2.32. The van der Waals surface area contributed by atoms with Gasteiger partial charge in [0, 0.05) is 0 Å². The molecule has 0 heterocycles. The fourth-order valence-corrected chi connectivity index (χ4v) is 2.45. The van der Waals surface area contributed by atoms with E-state index in [4.69, 9.17) is 18.9 Å². The van der Waals surface area contributed by atoms with Gasteiger partial charge in [0.25, 0.3) is 0 Å². The monoisotopic (exact) mass is 360 g/mol. The maximum atomic E-state index is 6.01. The van der Waals surface area contributed by atoms with Gasteiger partial charge in [0.2, 0.25) is 0 Å². The number of hydrogen-bond donors (Lipinski definition) is 0. The molecule has 25 heavy (non-hydrogen) atoms. The van der Waals surface area contributed by atoms with Crippen LogP contribution in [-0.2, 0) is 18.9 Å². The van der Waals surface area contributed by atoms with E-state index in [0.717, 1.165) is 51.4 Å². The molecule has 0 radical (unpaired) electrons. The molecular formula is C21H44O4. The molecule has 0 aromatic heterocycles. The third-order valence-electron chi connectivity index (χ3n) is 4.11. The molecule has 0 aromatic rings. The van der Waals surface area contributed by atoms with E-state index in [9.17, 15) is 0 Å². The predicted octanol–water partition coefficient (Wildman–Crippen LogP) is 6.42. The molecule has 0 aliphatic carbocycles. The van der Waals surface area contributed by atoms with E-state index in [1.165, 1.54) is 25.7 Å². The summed E-state index contributed by atoms with van der Waals surface area (Å²) in [5.41, 5.74) is 0. The first-order valence-corrected chi connectivity index (χ1v) is 10.8. The molecule has 0 spiro atoms. The van der Waals surface area contributed by atoms with Gasteiger partial charge >= 0.3 is 6.16 Å².